The molecule has 5 heteroatoms. The molecule has 19 heavy (non-hydrogen) atoms. The number of nitrogens with one attached hydrogen (secondary N) is 1. The highest BCUT2D eigenvalue weighted by Crippen LogP contribution is 2.14. The molecule has 0 aromatic heterocycles. The average Bonchev–Trinajstić information content (AvgIpc) is 2.36. The Labute approximate surface area is 117 Å². The lowest BCUT2D eigenvalue weighted by atomic mass is 9.95. The molecule has 2 N–H and O–H groups in total. The van der Waals surface area contributed by atoms with Gasteiger partial charge in [0.2, 0.25) is 0 Å². The first-order valence-corrected chi connectivity index (χ1v) is 7.02. The zero-order valence-corrected chi connectivity index (χ0v) is 13.0. The van der Waals surface area contributed by atoms with E-state index >= 15 is 0 Å². The van der Waals surface area contributed by atoms with Gasteiger partial charge in [0.1, 0.15) is 5.54 Å². The summed E-state index contributed by atoms with van der Waals surface area (Å²) in [6.45, 7) is 8.73. The van der Waals surface area contributed by atoms with Gasteiger partial charge in [0.25, 0.3) is 0 Å². The fourth-order valence-corrected chi connectivity index (χ4v) is 1.97. The smallest absolute Gasteiger partial charge is 0.323 e. The van der Waals surface area contributed by atoms with Crippen LogP contribution in [-0.4, -0.2) is 61.4 Å². The Morgan fingerprint density at radius 1 is 1.37 bits per heavy atom. The van der Waals surface area contributed by atoms with Crippen LogP contribution in [0.25, 0.3) is 0 Å². The standard InChI is InChI=1S/C14H30N2O3/c1-12(2)16(10-11-19-5)9-7-6-8-14(3,15-4)13(17)18/h12,15H,6-11H2,1-5H3,(H,17,18). The fraction of sp³-hybridized carbons (Fsp3) is 0.929. The van der Waals surface area contributed by atoms with Crippen molar-refractivity contribution in [3.05, 3.63) is 0 Å². The second-order valence-corrected chi connectivity index (χ2v) is 5.47. The molecule has 0 saturated heterocycles. The van der Waals surface area contributed by atoms with Gasteiger partial charge in [-0.15, -0.1) is 0 Å². The first kappa shape index (κ1) is 18.4. The highest BCUT2D eigenvalue weighted by atomic mass is 16.5. The van der Waals surface area contributed by atoms with E-state index < -0.39 is 11.5 Å². The zero-order valence-electron chi connectivity index (χ0n) is 13.0. The molecule has 5 nitrogen and oxygen atoms in total. The number of carboxylic acid groups (broad SMARTS) is 1. The molecule has 0 aliphatic heterocycles. The van der Waals surface area contributed by atoms with E-state index in [0.717, 1.165) is 32.5 Å². The van der Waals surface area contributed by atoms with Crippen molar-refractivity contribution in [1.29, 1.82) is 0 Å². The summed E-state index contributed by atoms with van der Waals surface area (Å²) in [6, 6.07) is 0.491. The third-order valence-electron chi connectivity index (χ3n) is 3.71. The van der Waals surface area contributed by atoms with Crippen LogP contribution in [0.5, 0.6) is 0 Å². The summed E-state index contributed by atoms with van der Waals surface area (Å²) in [6.07, 6.45) is 2.56. The Hall–Kier alpha value is -0.650. The number of carboxylic acids is 1. The van der Waals surface area contributed by atoms with Crippen LogP contribution in [0.4, 0.5) is 0 Å². The number of hydrogen-bond donors (Lipinski definition) is 2. The molecule has 0 aromatic carbocycles. The number of hydrogen-bond acceptors (Lipinski definition) is 4. The lowest BCUT2D eigenvalue weighted by molar-refractivity contribution is -0.144. The third-order valence-corrected chi connectivity index (χ3v) is 3.71. The molecular formula is C14H30N2O3. The largest absolute Gasteiger partial charge is 0.480 e. The summed E-state index contributed by atoms with van der Waals surface area (Å²) >= 11 is 0. The SMILES string of the molecule is CNC(C)(CCCCN(CCOC)C(C)C)C(=O)O. The van der Waals surface area contributed by atoms with E-state index in [4.69, 9.17) is 9.84 Å². The summed E-state index contributed by atoms with van der Waals surface area (Å²) in [7, 11) is 3.41. The minimum Gasteiger partial charge on any atom is -0.480 e. The number of aliphatic carboxylic acids is 1. The Bertz CT molecular complexity index is 259. The van der Waals surface area contributed by atoms with Crippen LogP contribution in [0, 0.1) is 0 Å². The van der Waals surface area contributed by atoms with E-state index in [1.807, 2.05) is 0 Å². The molecule has 0 amide bonds. The van der Waals surface area contributed by atoms with Gasteiger partial charge >= 0.3 is 5.97 Å². The lowest BCUT2D eigenvalue weighted by Gasteiger charge is -2.27. The van der Waals surface area contributed by atoms with E-state index in [1.165, 1.54) is 0 Å². The average molecular weight is 274 g/mol. The number of methoxy groups -OCH3 is 1. The summed E-state index contributed by atoms with van der Waals surface area (Å²) in [5, 5.41) is 12.0. The van der Waals surface area contributed by atoms with Crippen molar-refractivity contribution in [3.8, 4) is 0 Å². The number of likely N-dealkylation sites (N-methyl/N-ethyl adjacent to an activating group) is 1. The van der Waals surface area contributed by atoms with Crippen LogP contribution in [0.3, 0.4) is 0 Å². The highest BCUT2D eigenvalue weighted by Gasteiger charge is 2.30. The molecular weight excluding hydrogens is 244 g/mol. The fourth-order valence-electron chi connectivity index (χ4n) is 1.97. The summed E-state index contributed by atoms with van der Waals surface area (Å²) in [5.41, 5.74) is -0.810. The van der Waals surface area contributed by atoms with E-state index in [1.54, 1.807) is 21.1 Å². The number of nitrogens with zero attached hydrogens (tertiary/aromatic N) is 1. The maximum absolute atomic E-state index is 11.1. The van der Waals surface area contributed by atoms with Crippen LogP contribution >= 0.6 is 0 Å². The van der Waals surface area contributed by atoms with Gasteiger partial charge in [0.05, 0.1) is 6.61 Å². The van der Waals surface area contributed by atoms with Gasteiger partial charge in [-0.05, 0) is 53.6 Å². The molecule has 0 aliphatic carbocycles. The topological polar surface area (TPSA) is 61.8 Å². The van der Waals surface area contributed by atoms with Crippen molar-refractivity contribution in [2.24, 2.45) is 0 Å². The van der Waals surface area contributed by atoms with Crippen molar-refractivity contribution in [1.82, 2.24) is 10.2 Å². The Morgan fingerprint density at radius 2 is 2.00 bits per heavy atom. The van der Waals surface area contributed by atoms with Crippen molar-refractivity contribution in [2.75, 3.05) is 33.9 Å². The summed E-state index contributed by atoms with van der Waals surface area (Å²) in [5.74, 6) is -0.782. The third kappa shape index (κ3) is 6.89. The Kier molecular flexibility index (Phi) is 8.97. The number of carbonyl (C=O) groups is 1. The van der Waals surface area contributed by atoms with Crippen LogP contribution in [-0.2, 0) is 9.53 Å². The summed E-state index contributed by atoms with van der Waals surface area (Å²) in [4.78, 5) is 13.5. The van der Waals surface area contributed by atoms with Crippen molar-refractivity contribution in [3.63, 3.8) is 0 Å². The molecule has 0 heterocycles. The molecule has 0 rings (SSSR count). The monoisotopic (exact) mass is 274 g/mol. The van der Waals surface area contributed by atoms with Crippen molar-refractivity contribution >= 4 is 5.97 Å². The van der Waals surface area contributed by atoms with Crippen LogP contribution in [0.15, 0.2) is 0 Å². The van der Waals surface area contributed by atoms with Gasteiger partial charge in [0, 0.05) is 19.7 Å². The van der Waals surface area contributed by atoms with Crippen LogP contribution in [0.1, 0.15) is 40.0 Å². The lowest BCUT2D eigenvalue weighted by Crippen LogP contribution is -2.47. The van der Waals surface area contributed by atoms with E-state index in [9.17, 15) is 4.79 Å². The normalized spacial score (nSPS) is 14.9. The molecule has 0 saturated carbocycles. The molecule has 0 radical (unpaired) electrons. The summed E-state index contributed by atoms with van der Waals surface area (Å²) < 4.78 is 5.10. The Balaban J connectivity index is 4.02. The van der Waals surface area contributed by atoms with Gasteiger partial charge in [-0.2, -0.15) is 0 Å². The molecule has 0 bridgehead atoms. The first-order chi connectivity index (χ1) is 8.87. The zero-order chi connectivity index (χ0) is 14.9. The number of unbranched alkanes of at least 4 members (excludes halogenated alkanes) is 1. The Morgan fingerprint density at radius 3 is 2.42 bits per heavy atom. The first-order valence-electron chi connectivity index (χ1n) is 7.02. The molecule has 1 unspecified atom stereocenters. The molecule has 0 aliphatic rings. The maximum Gasteiger partial charge on any atom is 0.323 e. The van der Waals surface area contributed by atoms with Crippen molar-refractivity contribution < 1.29 is 14.6 Å². The molecule has 114 valence electrons. The molecule has 0 aromatic rings. The molecule has 1 atom stereocenters. The van der Waals surface area contributed by atoms with Gasteiger partial charge < -0.3 is 15.2 Å². The van der Waals surface area contributed by atoms with Gasteiger partial charge in [-0.3, -0.25) is 9.69 Å². The predicted molar refractivity (Wildman–Crippen MR) is 77.5 cm³/mol. The quantitative estimate of drug-likeness (QED) is 0.560. The highest BCUT2D eigenvalue weighted by molar-refractivity contribution is 5.78. The number of rotatable bonds is 11. The molecule has 0 spiro atoms. The predicted octanol–water partition coefficient (Wildman–Crippen LogP) is 1.58. The van der Waals surface area contributed by atoms with Crippen LogP contribution < -0.4 is 5.32 Å². The van der Waals surface area contributed by atoms with Crippen LogP contribution in [0.2, 0.25) is 0 Å². The second kappa shape index (κ2) is 9.28. The van der Waals surface area contributed by atoms with Gasteiger partial charge in [-0.1, -0.05) is 0 Å². The maximum atomic E-state index is 11.1. The van der Waals surface area contributed by atoms with Crippen molar-refractivity contribution in [2.45, 2.75) is 51.6 Å². The van der Waals surface area contributed by atoms with Gasteiger partial charge in [-0.25, -0.2) is 0 Å². The second-order valence-electron chi connectivity index (χ2n) is 5.47. The van der Waals surface area contributed by atoms with E-state index in [2.05, 4.69) is 24.1 Å². The molecule has 0 fully saturated rings. The van der Waals surface area contributed by atoms with E-state index in [-0.39, 0.29) is 0 Å². The van der Waals surface area contributed by atoms with E-state index in [0.29, 0.717) is 12.5 Å². The minimum absolute atomic E-state index is 0.491. The van der Waals surface area contributed by atoms with Gasteiger partial charge in [0.15, 0.2) is 0 Å². The minimum atomic E-state index is -0.810. The number of ether oxygens (including phenoxy) is 1.